The zero-order valence-electron chi connectivity index (χ0n) is 10.6. The van der Waals surface area contributed by atoms with Gasteiger partial charge in [0.05, 0.1) is 5.51 Å². The number of piperidine rings is 1. The van der Waals surface area contributed by atoms with E-state index in [-0.39, 0.29) is 5.91 Å². The van der Waals surface area contributed by atoms with Crippen LogP contribution in [-0.2, 0) is 0 Å². The molecule has 4 heteroatoms. The van der Waals surface area contributed by atoms with Gasteiger partial charge in [-0.15, -0.1) is 11.3 Å². The standard InChI is InChI=1S/C13H20N2OS/c1-3-13(4-2)5-7-15(8-6-13)12(16)11-9-17-10-14-11/h9-10H,3-8H2,1-2H3. The number of thiazole rings is 1. The highest BCUT2D eigenvalue weighted by Gasteiger charge is 2.33. The van der Waals surface area contributed by atoms with Crippen LogP contribution in [0.2, 0.25) is 0 Å². The fourth-order valence-electron chi connectivity index (χ4n) is 2.62. The molecule has 0 bridgehead atoms. The van der Waals surface area contributed by atoms with Gasteiger partial charge >= 0.3 is 0 Å². The maximum atomic E-state index is 12.1. The fourth-order valence-corrected chi connectivity index (χ4v) is 3.15. The van der Waals surface area contributed by atoms with Crippen molar-refractivity contribution in [1.82, 2.24) is 9.88 Å². The average Bonchev–Trinajstić information content (AvgIpc) is 2.92. The maximum Gasteiger partial charge on any atom is 0.273 e. The fraction of sp³-hybridized carbons (Fsp3) is 0.692. The van der Waals surface area contributed by atoms with E-state index in [9.17, 15) is 4.79 Å². The molecule has 1 saturated heterocycles. The van der Waals surface area contributed by atoms with Crippen LogP contribution in [0.1, 0.15) is 50.0 Å². The molecule has 0 saturated carbocycles. The molecule has 0 unspecified atom stereocenters. The van der Waals surface area contributed by atoms with Crippen LogP contribution < -0.4 is 0 Å². The highest BCUT2D eigenvalue weighted by Crippen LogP contribution is 2.38. The summed E-state index contributed by atoms with van der Waals surface area (Å²) in [5.41, 5.74) is 2.80. The molecule has 1 aliphatic heterocycles. The zero-order chi connectivity index (χ0) is 12.3. The molecule has 1 aromatic heterocycles. The van der Waals surface area contributed by atoms with E-state index in [4.69, 9.17) is 0 Å². The Balaban J connectivity index is 1.97. The molecule has 1 aliphatic rings. The lowest BCUT2D eigenvalue weighted by Gasteiger charge is -2.40. The lowest BCUT2D eigenvalue weighted by atomic mass is 9.74. The summed E-state index contributed by atoms with van der Waals surface area (Å²) in [6, 6.07) is 0. The van der Waals surface area contributed by atoms with Gasteiger partial charge in [-0.3, -0.25) is 4.79 Å². The quantitative estimate of drug-likeness (QED) is 0.827. The van der Waals surface area contributed by atoms with Gasteiger partial charge in [-0.25, -0.2) is 4.98 Å². The van der Waals surface area contributed by atoms with Crippen LogP contribution in [0.15, 0.2) is 10.9 Å². The molecule has 0 N–H and O–H groups in total. The lowest BCUT2D eigenvalue weighted by molar-refractivity contribution is 0.0553. The molecule has 0 aromatic carbocycles. The summed E-state index contributed by atoms with van der Waals surface area (Å²) < 4.78 is 0. The van der Waals surface area contributed by atoms with Gasteiger partial charge in [0.25, 0.3) is 5.91 Å². The van der Waals surface area contributed by atoms with Crippen LogP contribution in [0.4, 0.5) is 0 Å². The van der Waals surface area contributed by atoms with E-state index < -0.39 is 0 Å². The van der Waals surface area contributed by atoms with Crippen molar-refractivity contribution in [3.8, 4) is 0 Å². The largest absolute Gasteiger partial charge is 0.337 e. The van der Waals surface area contributed by atoms with E-state index in [1.807, 2.05) is 10.3 Å². The molecule has 0 radical (unpaired) electrons. The Bertz CT molecular complexity index is 361. The van der Waals surface area contributed by atoms with E-state index >= 15 is 0 Å². The van der Waals surface area contributed by atoms with Crippen LogP contribution in [0, 0.1) is 5.41 Å². The first-order valence-electron chi connectivity index (χ1n) is 6.38. The number of carbonyl (C=O) groups excluding carboxylic acids is 1. The first-order valence-corrected chi connectivity index (χ1v) is 7.32. The Morgan fingerprint density at radius 3 is 2.53 bits per heavy atom. The molecule has 3 nitrogen and oxygen atoms in total. The highest BCUT2D eigenvalue weighted by molar-refractivity contribution is 7.07. The van der Waals surface area contributed by atoms with Gasteiger partial charge in [0.2, 0.25) is 0 Å². The van der Waals surface area contributed by atoms with Crippen LogP contribution in [0.5, 0.6) is 0 Å². The summed E-state index contributed by atoms with van der Waals surface area (Å²) in [6.45, 7) is 6.30. The van der Waals surface area contributed by atoms with Crippen LogP contribution in [0.25, 0.3) is 0 Å². The molecule has 0 spiro atoms. The van der Waals surface area contributed by atoms with E-state index in [1.165, 1.54) is 24.2 Å². The molecule has 1 fully saturated rings. The maximum absolute atomic E-state index is 12.1. The number of carbonyl (C=O) groups is 1. The smallest absolute Gasteiger partial charge is 0.273 e. The third kappa shape index (κ3) is 2.51. The van der Waals surface area contributed by atoms with E-state index in [1.54, 1.807) is 5.51 Å². The van der Waals surface area contributed by atoms with Crippen LogP contribution in [0.3, 0.4) is 0 Å². The molecule has 0 aliphatic carbocycles. The minimum absolute atomic E-state index is 0.104. The Morgan fingerprint density at radius 1 is 1.41 bits per heavy atom. The number of likely N-dealkylation sites (tertiary alicyclic amines) is 1. The third-order valence-corrected chi connectivity index (χ3v) is 4.85. The highest BCUT2D eigenvalue weighted by atomic mass is 32.1. The van der Waals surface area contributed by atoms with E-state index in [2.05, 4.69) is 18.8 Å². The molecule has 2 rings (SSSR count). The zero-order valence-corrected chi connectivity index (χ0v) is 11.4. The molecule has 1 amide bonds. The van der Waals surface area contributed by atoms with Crippen molar-refractivity contribution in [2.75, 3.05) is 13.1 Å². The monoisotopic (exact) mass is 252 g/mol. The van der Waals surface area contributed by atoms with Crippen molar-refractivity contribution >= 4 is 17.2 Å². The Morgan fingerprint density at radius 2 is 2.06 bits per heavy atom. The molecule has 2 heterocycles. The molecule has 0 atom stereocenters. The Kier molecular flexibility index (Phi) is 3.82. The summed E-state index contributed by atoms with van der Waals surface area (Å²) in [5, 5.41) is 1.84. The minimum Gasteiger partial charge on any atom is -0.337 e. The van der Waals surface area contributed by atoms with E-state index in [0.29, 0.717) is 11.1 Å². The van der Waals surface area contributed by atoms with Crippen molar-refractivity contribution in [3.63, 3.8) is 0 Å². The first-order chi connectivity index (χ1) is 8.21. The van der Waals surface area contributed by atoms with Crippen LogP contribution >= 0.6 is 11.3 Å². The topological polar surface area (TPSA) is 33.2 Å². The number of aromatic nitrogens is 1. The second kappa shape index (κ2) is 5.17. The van der Waals surface area contributed by atoms with Gasteiger partial charge in [0.1, 0.15) is 5.69 Å². The number of hydrogen-bond donors (Lipinski definition) is 0. The number of rotatable bonds is 3. The summed E-state index contributed by atoms with van der Waals surface area (Å²) in [4.78, 5) is 18.2. The van der Waals surface area contributed by atoms with Gasteiger partial charge in [-0.2, -0.15) is 0 Å². The summed E-state index contributed by atoms with van der Waals surface area (Å²) in [6.07, 6.45) is 4.72. The molecule has 17 heavy (non-hydrogen) atoms. The van der Waals surface area contributed by atoms with Gasteiger partial charge < -0.3 is 4.90 Å². The minimum atomic E-state index is 0.104. The number of amides is 1. The number of hydrogen-bond acceptors (Lipinski definition) is 3. The van der Waals surface area contributed by atoms with Crippen molar-refractivity contribution in [3.05, 3.63) is 16.6 Å². The molecule has 1 aromatic rings. The normalized spacial score (nSPS) is 19.3. The molecule has 94 valence electrons. The van der Waals surface area contributed by atoms with Gasteiger partial charge in [0, 0.05) is 18.5 Å². The average molecular weight is 252 g/mol. The summed E-state index contributed by atoms with van der Waals surface area (Å²) in [5.74, 6) is 0.104. The first kappa shape index (κ1) is 12.6. The Hall–Kier alpha value is -0.900. The van der Waals surface area contributed by atoms with E-state index in [0.717, 1.165) is 25.9 Å². The summed E-state index contributed by atoms with van der Waals surface area (Å²) >= 11 is 1.48. The van der Waals surface area contributed by atoms with Crippen LogP contribution in [-0.4, -0.2) is 28.9 Å². The van der Waals surface area contributed by atoms with Gasteiger partial charge in [-0.1, -0.05) is 26.7 Å². The molecular formula is C13H20N2OS. The van der Waals surface area contributed by atoms with Crippen molar-refractivity contribution in [1.29, 1.82) is 0 Å². The van der Waals surface area contributed by atoms with Gasteiger partial charge in [-0.05, 0) is 18.3 Å². The second-order valence-corrected chi connectivity index (χ2v) is 5.59. The van der Waals surface area contributed by atoms with Crippen molar-refractivity contribution in [2.45, 2.75) is 39.5 Å². The third-order valence-electron chi connectivity index (χ3n) is 4.26. The lowest BCUT2D eigenvalue weighted by Crippen LogP contribution is -2.42. The second-order valence-electron chi connectivity index (χ2n) is 4.87. The van der Waals surface area contributed by atoms with Gasteiger partial charge in [0.15, 0.2) is 0 Å². The SMILES string of the molecule is CCC1(CC)CCN(C(=O)c2cscn2)CC1. The van der Waals surface area contributed by atoms with Crippen molar-refractivity contribution in [2.24, 2.45) is 5.41 Å². The number of nitrogens with zero attached hydrogens (tertiary/aromatic N) is 2. The predicted octanol–water partition coefficient (Wildman–Crippen LogP) is 3.19. The molecular weight excluding hydrogens is 232 g/mol. The summed E-state index contributed by atoms with van der Waals surface area (Å²) in [7, 11) is 0. The Labute approximate surface area is 107 Å². The predicted molar refractivity (Wildman–Crippen MR) is 70.3 cm³/mol. The van der Waals surface area contributed by atoms with Crippen molar-refractivity contribution < 1.29 is 4.79 Å².